The van der Waals surface area contributed by atoms with Gasteiger partial charge in [0.15, 0.2) is 0 Å². The molecule has 2 amide bonds. The number of hydrogen-bond acceptors (Lipinski definition) is 3. The van der Waals surface area contributed by atoms with Gasteiger partial charge in [0.05, 0.1) is 11.8 Å². The number of ketones is 1. The molecule has 110 valence electrons. The van der Waals surface area contributed by atoms with Crippen LogP contribution in [0.2, 0.25) is 0 Å². The summed E-state index contributed by atoms with van der Waals surface area (Å²) >= 11 is 0. The number of carbonyl (C=O) groups excluding carboxylic acids is 3. The topological polar surface area (TPSA) is 75.3 Å². The van der Waals surface area contributed by atoms with Crippen LogP contribution in [0.3, 0.4) is 0 Å². The van der Waals surface area contributed by atoms with Crippen molar-refractivity contribution in [2.75, 3.05) is 6.54 Å². The second-order valence-corrected chi connectivity index (χ2v) is 6.12. The SMILES string of the molecule is CC1(NC(=O)C(=O)C2CNC(=O)[C@@H]2c2ccccc2)CC1. The Kier molecular flexibility index (Phi) is 3.27. The van der Waals surface area contributed by atoms with Crippen LogP contribution in [0.15, 0.2) is 30.3 Å². The van der Waals surface area contributed by atoms with E-state index in [4.69, 9.17) is 0 Å². The highest BCUT2D eigenvalue weighted by Crippen LogP contribution is 2.35. The highest BCUT2D eigenvalue weighted by Gasteiger charge is 2.45. The van der Waals surface area contributed by atoms with E-state index in [0.29, 0.717) is 0 Å². The van der Waals surface area contributed by atoms with Crippen molar-refractivity contribution in [3.05, 3.63) is 35.9 Å². The first kappa shape index (κ1) is 13.8. The number of hydrogen-bond donors (Lipinski definition) is 2. The van der Waals surface area contributed by atoms with Crippen LogP contribution in [0, 0.1) is 5.92 Å². The second-order valence-electron chi connectivity index (χ2n) is 6.12. The van der Waals surface area contributed by atoms with Gasteiger partial charge in [-0.05, 0) is 25.3 Å². The summed E-state index contributed by atoms with van der Waals surface area (Å²) in [6, 6.07) is 9.14. The number of benzene rings is 1. The van der Waals surface area contributed by atoms with Crippen LogP contribution in [-0.2, 0) is 14.4 Å². The predicted octanol–water partition coefficient (Wildman–Crippen LogP) is 0.754. The zero-order valence-corrected chi connectivity index (χ0v) is 11.9. The minimum atomic E-state index is -0.623. The molecule has 1 unspecified atom stereocenters. The minimum absolute atomic E-state index is 0.190. The molecule has 1 aromatic rings. The van der Waals surface area contributed by atoms with Gasteiger partial charge in [-0.1, -0.05) is 30.3 Å². The van der Waals surface area contributed by atoms with Gasteiger partial charge >= 0.3 is 0 Å². The molecule has 1 aliphatic heterocycles. The monoisotopic (exact) mass is 286 g/mol. The summed E-state index contributed by atoms with van der Waals surface area (Å²) in [5.41, 5.74) is 0.543. The van der Waals surface area contributed by atoms with E-state index in [0.717, 1.165) is 18.4 Å². The molecule has 2 aliphatic rings. The van der Waals surface area contributed by atoms with Crippen molar-refractivity contribution >= 4 is 17.6 Å². The number of amides is 2. The summed E-state index contributed by atoms with van der Waals surface area (Å²) in [5, 5.41) is 5.46. The summed E-state index contributed by atoms with van der Waals surface area (Å²) in [7, 11) is 0. The molecule has 3 rings (SSSR count). The van der Waals surface area contributed by atoms with Gasteiger partial charge in [0.25, 0.3) is 5.91 Å². The minimum Gasteiger partial charge on any atom is -0.355 e. The summed E-state index contributed by atoms with van der Waals surface area (Å²) in [4.78, 5) is 36.5. The van der Waals surface area contributed by atoms with Crippen LogP contribution < -0.4 is 10.6 Å². The number of carbonyl (C=O) groups is 3. The van der Waals surface area contributed by atoms with Crippen molar-refractivity contribution in [3.63, 3.8) is 0 Å². The van der Waals surface area contributed by atoms with Crippen molar-refractivity contribution < 1.29 is 14.4 Å². The summed E-state index contributed by atoms with van der Waals surface area (Å²) in [5.74, 6) is -2.46. The molecule has 2 N–H and O–H groups in total. The first-order valence-electron chi connectivity index (χ1n) is 7.19. The van der Waals surface area contributed by atoms with Crippen molar-refractivity contribution in [2.45, 2.75) is 31.2 Å². The maximum Gasteiger partial charge on any atom is 0.288 e. The molecule has 0 radical (unpaired) electrons. The average molecular weight is 286 g/mol. The molecule has 21 heavy (non-hydrogen) atoms. The van der Waals surface area contributed by atoms with Gasteiger partial charge in [0.1, 0.15) is 0 Å². The fourth-order valence-corrected chi connectivity index (χ4v) is 2.73. The van der Waals surface area contributed by atoms with Gasteiger partial charge in [-0.3, -0.25) is 14.4 Å². The molecule has 1 aromatic carbocycles. The Morgan fingerprint density at radius 3 is 2.52 bits per heavy atom. The van der Waals surface area contributed by atoms with E-state index in [1.807, 2.05) is 37.3 Å². The number of rotatable bonds is 4. The molecular weight excluding hydrogens is 268 g/mol. The molecule has 0 spiro atoms. The van der Waals surface area contributed by atoms with E-state index in [-0.39, 0.29) is 18.0 Å². The van der Waals surface area contributed by atoms with Gasteiger partial charge in [-0.25, -0.2) is 0 Å². The summed E-state index contributed by atoms with van der Waals surface area (Å²) in [6.45, 7) is 2.15. The van der Waals surface area contributed by atoms with Gasteiger partial charge in [0.2, 0.25) is 11.7 Å². The molecule has 2 atom stereocenters. The van der Waals surface area contributed by atoms with E-state index in [1.165, 1.54) is 0 Å². The van der Waals surface area contributed by atoms with Crippen molar-refractivity contribution in [3.8, 4) is 0 Å². The molecule has 1 saturated heterocycles. The molecular formula is C16H18N2O3. The normalized spacial score (nSPS) is 26.0. The van der Waals surface area contributed by atoms with Gasteiger partial charge in [-0.15, -0.1) is 0 Å². The van der Waals surface area contributed by atoms with E-state index < -0.39 is 23.5 Å². The van der Waals surface area contributed by atoms with E-state index >= 15 is 0 Å². The highest BCUT2D eigenvalue weighted by atomic mass is 16.2. The Balaban J connectivity index is 1.78. The molecule has 1 heterocycles. The van der Waals surface area contributed by atoms with Gasteiger partial charge in [-0.2, -0.15) is 0 Å². The Morgan fingerprint density at radius 1 is 1.24 bits per heavy atom. The molecule has 5 heteroatoms. The van der Waals surface area contributed by atoms with E-state index in [2.05, 4.69) is 10.6 Å². The third-order valence-electron chi connectivity index (χ3n) is 4.32. The van der Waals surface area contributed by atoms with Crippen molar-refractivity contribution in [1.82, 2.24) is 10.6 Å². The fraction of sp³-hybridized carbons (Fsp3) is 0.438. The average Bonchev–Trinajstić information content (AvgIpc) is 3.07. The lowest BCUT2D eigenvalue weighted by Gasteiger charge is -2.17. The van der Waals surface area contributed by atoms with Crippen molar-refractivity contribution in [2.24, 2.45) is 5.92 Å². The first-order valence-corrected chi connectivity index (χ1v) is 7.19. The quantitative estimate of drug-likeness (QED) is 0.802. The van der Waals surface area contributed by atoms with Crippen LogP contribution in [-0.4, -0.2) is 29.7 Å². The van der Waals surface area contributed by atoms with Crippen LogP contribution >= 0.6 is 0 Å². The largest absolute Gasteiger partial charge is 0.355 e. The number of nitrogens with one attached hydrogen (secondary N) is 2. The molecule has 2 fully saturated rings. The lowest BCUT2D eigenvalue weighted by molar-refractivity contribution is -0.141. The third kappa shape index (κ3) is 2.68. The molecule has 0 bridgehead atoms. The lowest BCUT2D eigenvalue weighted by Crippen LogP contribution is -2.43. The van der Waals surface area contributed by atoms with Gasteiger partial charge < -0.3 is 10.6 Å². The molecule has 1 saturated carbocycles. The van der Waals surface area contributed by atoms with Crippen LogP contribution in [0.4, 0.5) is 0 Å². The standard InChI is InChI=1S/C16H18N2O3/c1-16(7-8-16)18-15(21)13(19)11-9-17-14(20)12(11)10-5-3-2-4-6-10/h2-6,11-12H,7-9H2,1H3,(H,17,20)(H,18,21)/t11?,12-/m1/s1. The summed E-state index contributed by atoms with van der Waals surface area (Å²) in [6.07, 6.45) is 1.80. The molecule has 1 aliphatic carbocycles. The first-order chi connectivity index (χ1) is 10.0. The Hall–Kier alpha value is -2.17. The smallest absolute Gasteiger partial charge is 0.288 e. The third-order valence-corrected chi connectivity index (χ3v) is 4.32. The Bertz CT molecular complexity index is 593. The molecule has 5 nitrogen and oxygen atoms in total. The van der Waals surface area contributed by atoms with E-state index in [9.17, 15) is 14.4 Å². The van der Waals surface area contributed by atoms with Crippen LogP contribution in [0.1, 0.15) is 31.2 Å². The maximum atomic E-state index is 12.4. The second kappa shape index (κ2) is 4.98. The Morgan fingerprint density at radius 2 is 1.90 bits per heavy atom. The van der Waals surface area contributed by atoms with Gasteiger partial charge in [0, 0.05) is 12.1 Å². The Labute approximate surface area is 123 Å². The molecule has 0 aromatic heterocycles. The highest BCUT2D eigenvalue weighted by molar-refractivity contribution is 6.38. The fourth-order valence-electron chi connectivity index (χ4n) is 2.73. The van der Waals surface area contributed by atoms with Crippen LogP contribution in [0.25, 0.3) is 0 Å². The van der Waals surface area contributed by atoms with E-state index in [1.54, 1.807) is 0 Å². The van der Waals surface area contributed by atoms with Crippen molar-refractivity contribution in [1.29, 1.82) is 0 Å². The zero-order valence-electron chi connectivity index (χ0n) is 11.9. The maximum absolute atomic E-state index is 12.4. The zero-order chi connectivity index (χ0) is 15.0. The summed E-state index contributed by atoms with van der Waals surface area (Å²) < 4.78 is 0. The lowest BCUT2D eigenvalue weighted by atomic mass is 9.85. The van der Waals surface area contributed by atoms with Crippen LogP contribution in [0.5, 0.6) is 0 Å². The number of Topliss-reactive ketones (excluding diaryl/α,β-unsaturated/α-hetero) is 1. The predicted molar refractivity (Wildman–Crippen MR) is 76.5 cm³/mol.